The summed E-state index contributed by atoms with van der Waals surface area (Å²) in [7, 11) is 0. The third-order valence-corrected chi connectivity index (χ3v) is 14.0. The maximum Gasteiger partial charge on any atom is 0.316 e. The number of carbonyl (C=O) groups is 2. The van der Waals surface area contributed by atoms with Gasteiger partial charge in [-0.1, -0.05) is 57.7 Å². The fourth-order valence-corrected chi connectivity index (χ4v) is 10.5. The number of esters is 1. The summed E-state index contributed by atoms with van der Waals surface area (Å²) in [5.41, 5.74) is 2.13. The van der Waals surface area contributed by atoms with E-state index in [9.17, 15) is 14.7 Å². The Labute approximate surface area is 302 Å². The van der Waals surface area contributed by atoms with Gasteiger partial charge in [-0.2, -0.15) is 5.26 Å². The van der Waals surface area contributed by atoms with Gasteiger partial charge in [-0.15, -0.1) is 17.9 Å². The summed E-state index contributed by atoms with van der Waals surface area (Å²) in [4.78, 5) is 32.0. The van der Waals surface area contributed by atoms with Gasteiger partial charge in [0.05, 0.1) is 29.2 Å². The molecular weight excluding hydrogens is 706 g/mol. The number of aliphatic hydroxyl groups excluding tert-OH is 1. The minimum absolute atomic E-state index is 0. The second-order valence-corrected chi connectivity index (χ2v) is 16.5. The Morgan fingerprint density at radius 1 is 1.21 bits per heavy atom. The summed E-state index contributed by atoms with van der Waals surface area (Å²) in [5.74, 6) is -0.0619. The first-order valence-electron chi connectivity index (χ1n) is 16.5. The van der Waals surface area contributed by atoms with Crippen molar-refractivity contribution in [3.05, 3.63) is 78.0 Å². The number of benzene rings is 1. The largest absolute Gasteiger partial charge is 1.00 e. The lowest BCUT2D eigenvalue weighted by atomic mass is 9.44. The van der Waals surface area contributed by atoms with E-state index in [0.717, 1.165) is 40.4 Å². The van der Waals surface area contributed by atoms with Crippen molar-refractivity contribution in [3.8, 4) is 17.3 Å². The average molecular weight is 751 g/mol. The molecule has 3 aromatic rings. The number of pyridine rings is 1. The quantitative estimate of drug-likeness (QED) is 0.161. The van der Waals surface area contributed by atoms with E-state index in [0.29, 0.717) is 24.9 Å². The first-order chi connectivity index (χ1) is 22.4. The predicted molar refractivity (Wildman–Crippen MR) is 183 cm³/mol. The zero-order valence-electron chi connectivity index (χ0n) is 28.0. The summed E-state index contributed by atoms with van der Waals surface area (Å²) < 4.78 is 9.25. The Hall–Kier alpha value is -2.84. The van der Waals surface area contributed by atoms with Gasteiger partial charge >= 0.3 is 5.97 Å². The predicted octanol–water partition coefficient (Wildman–Crippen LogP) is 4.02. The fourth-order valence-electron chi connectivity index (χ4n) is 8.90. The molecule has 8 atom stereocenters. The molecule has 1 aromatic carbocycles. The van der Waals surface area contributed by atoms with Crippen LogP contribution >= 0.6 is 23.1 Å². The molecule has 0 saturated heterocycles. The molecule has 0 spiro atoms. The third-order valence-electron chi connectivity index (χ3n) is 12.0. The molecule has 1 N–H and O–H groups in total. The van der Waals surface area contributed by atoms with Crippen LogP contribution in [-0.4, -0.2) is 39.8 Å². The number of hydrogen-bond donors (Lipinski definition) is 1. The van der Waals surface area contributed by atoms with Gasteiger partial charge in [-0.05, 0) is 55.1 Å². The van der Waals surface area contributed by atoms with Crippen LogP contribution in [0.15, 0.2) is 71.2 Å². The summed E-state index contributed by atoms with van der Waals surface area (Å²) in [6.45, 7) is 13.3. The topological polar surface area (TPSA) is 104 Å². The van der Waals surface area contributed by atoms with Crippen LogP contribution in [0.25, 0.3) is 11.3 Å². The first kappa shape index (κ1) is 36.4. The number of ether oxygens (including phenoxy) is 1. The standard InChI is InChI=1S/C38H44N3O4S2.BrH/c1-6-36(4)19-31(37(5)24(2)11-15-38(25(3)34(36)44)16-12-30(42)33(37)38)45-32(43)23-47-35-40-29(22-46-35)28-13-17-41(18-14-28)21-27-9-7-26(20-39)8-10-27;/h6-10,13-14,17-18,22,24-25,31,33-34,44H,1,11-12,15-16,19,21,23H2,2-5H3;1H/q+1;/p-1/t24-,25+,31-,33+,34+,36-,37+,38+;/m1./s1. The van der Waals surface area contributed by atoms with Crippen molar-refractivity contribution in [2.75, 3.05) is 5.75 Å². The lowest BCUT2D eigenvalue weighted by Crippen LogP contribution is -3.00. The van der Waals surface area contributed by atoms with Crippen molar-refractivity contribution < 1.29 is 41.0 Å². The van der Waals surface area contributed by atoms with Gasteiger partial charge < -0.3 is 26.8 Å². The van der Waals surface area contributed by atoms with Gasteiger partial charge in [0.1, 0.15) is 11.9 Å². The molecule has 2 bridgehead atoms. The van der Waals surface area contributed by atoms with Crippen LogP contribution in [0.1, 0.15) is 70.9 Å². The molecule has 3 saturated carbocycles. The van der Waals surface area contributed by atoms with E-state index in [-0.39, 0.29) is 57.7 Å². The smallest absolute Gasteiger partial charge is 0.316 e. The van der Waals surface area contributed by atoms with Crippen molar-refractivity contribution in [2.45, 2.75) is 82.9 Å². The fraction of sp³-hybridized carbons (Fsp3) is 0.500. The second-order valence-electron chi connectivity index (χ2n) is 14.4. The zero-order chi connectivity index (χ0) is 33.6. The van der Waals surface area contributed by atoms with Crippen LogP contribution in [0.5, 0.6) is 0 Å². The van der Waals surface area contributed by atoms with Gasteiger partial charge in [0, 0.05) is 51.8 Å². The van der Waals surface area contributed by atoms with Crippen LogP contribution in [-0.2, 0) is 20.9 Å². The highest BCUT2D eigenvalue weighted by molar-refractivity contribution is 8.01. The Morgan fingerprint density at radius 3 is 2.58 bits per heavy atom. The molecule has 10 heteroatoms. The number of thiazole rings is 1. The third kappa shape index (κ3) is 6.44. The van der Waals surface area contributed by atoms with Crippen LogP contribution in [0.2, 0.25) is 0 Å². The minimum atomic E-state index is -0.681. The first-order valence-corrected chi connectivity index (χ1v) is 18.4. The van der Waals surface area contributed by atoms with Gasteiger partial charge in [0.2, 0.25) is 0 Å². The molecule has 3 fully saturated rings. The second kappa shape index (κ2) is 14.2. The van der Waals surface area contributed by atoms with Gasteiger partial charge in [-0.25, -0.2) is 9.55 Å². The summed E-state index contributed by atoms with van der Waals surface area (Å²) in [6, 6.07) is 13.8. The van der Waals surface area contributed by atoms with Crippen molar-refractivity contribution in [2.24, 2.45) is 34.0 Å². The molecule has 2 heterocycles. The molecule has 0 aliphatic heterocycles. The number of aliphatic hydroxyl groups is 1. The summed E-state index contributed by atoms with van der Waals surface area (Å²) in [5, 5.41) is 22.8. The number of rotatable bonds is 8. The average Bonchev–Trinajstić information content (AvgIpc) is 3.70. The molecule has 7 nitrogen and oxygen atoms in total. The number of ketones is 1. The Bertz CT molecular complexity index is 1710. The number of nitriles is 1. The van der Waals surface area contributed by atoms with Crippen LogP contribution in [0, 0.1) is 45.3 Å². The monoisotopic (exact) mass is 749 g/mol. The molecule has 3 aliphatic rings. The summed E-state index contributed by atoms with van der Waals surface area (Å²) >= 11 is 2.87. The van der Waals surface area contributed by atoms with E-state index in [2.05, 4.69) is 38.0 Å². The molecule has 3 aliphatic carbocycles. The van der Waals surface area contributed by atoms with E-state index in [1.54, 1.807) is 0 Å². The van der Waals surface area contributed by atoms with Crippen molar-refractivity contribution in [1.29, 1.82) is 5.26 Å². The number of aromatic nitrogens is 2. The van der Waals surface area contributed by atoms with E-state index < -0.39 is 23.0 Å². The van der Waals surface area contributed by atoms with Crippen molar-refractivity contribution >= 4 is 34.9 Å². The highest BCUT2D eigenvalue weighted by Gasteiger charge is 2.68. The molecule has 6 rings (SSSR count). The van der Waals surface area contributed by atoms with Crippen molar-refractivity contribution in [3.63, 3.8) is 0 Å². The van der Waals surface area contributed by atoms with Crippen LogP contribution < -0.4 is 21.5 Å². The highest BCUT2D eigenvalue weighted by atomic mass is 79.9. The number of nitrogens with zero attached hydrogens (tertiary/aromatic N) is 3. The Balaban J connectivity index is 0.00000451. The molecule has 0 amide bonds. The SMILES string of the molecule is C=C[C@]1(C)C[C@@H](OC(=O)CSc2nc(-c3cc[n+](Cc4ccc(C#N)cc4)cc3)cs2)[C@]2(C)[C@H](C)CC[C@]3(CCC(=O)[C@H]32)[C@@H](C)[C@@H]1O.[Br-]. The van der Waals surface area contributed by atoms with Gasteiger partial charge in [0.15, 0.2) is 23.3 Å². The summed E-state index contributed by atoms with van der Waals surface area (Å²) in [6.07, 6.45) is 8.25. The number of thioether (sulfide) groups is 1. The Morgan fingerprint density at radius 2 is 1.92 bits per heavy atom. The minimum Gasteiger partial charge on any atom is -1.00 e. The lowest BCUT2D eigenvalue weighted by molar-refractivity contribution is -0.688. The van der Waals surface area contributed by atoms with E-state index in [4.69, 9.17) is 15.0 Å². The molecule has 2 aromatic heterocycles. The molecule has 0 unspecified atom stereocenters. The lowest BCUT2D eigenvalue weighted by Gasteiger charge is -2.61. The molecule has 48 heavy (non-hydrogen) atoms. The Kier molecular flexibility index (Phi) is 10.8. The van der Waals surface area contributed by atoms with Gasteiger partial charge in [-0.3, -0.25) is 9.59 Å². The van der Waals surface area contributed by atoms with Gasteiger partial charge in [0.25, 0.3) is 0 Å². The molecule has 254 valence electrons. The number of hydrogen-bond acceptors (Lipinski definition) is 8. The number of Topliss-reactive ketones (excluding diaryl/α,β-unsaturated/α-hetero) is 1. The maximum absolute atomic E-state index is 13.6. The van der Waals surface area contributed by atoms with E-state index in [1.807, 2.05) is 67.2 Å². The van der Waals surface area contributed by atoms with Crippen LogP contribution in [0.3, 0.4) is 0 Å². The highest BCUT2D eigenvalue weighted by Crippen LogP contribution is 2.68. The van der Waals surface area contributed by atoms with Crippen LogP contribution in [0.4, 0.5) is 0 Å². The van der Waals surface area contributed by atoms with E-state index in [1.165, 1.54) is 23.1 Å². The molecule has 0 radical (unpaired) electrons. The zero-order valence-corrected chi connectivity index (χ0v) is 31.2. The maximum atomic E-state index is 13.6. The normalized spacial score (nSPS) is 32.6. The number of halogens is 1. The molecular formula is C38H44BrN3O4S2. The number of carbonyl (C=O) groups excluding carboxylic acids is 2. The van der Waals surface area contributed by atoms with E-state index >= 15 is 0 Å². The van der Waals surface area contributed by atoms with Crippen molar-refractivity contribution in [1.82, 2.24) is 4.98 Å².